The topological polar surface area (TPSA) is 67.2 Å². The number of benzene rings is 2. The SMILES string of the molecule is Cc1cccc(C(=O)NCCCc2nc3ccccc3n2CC(=O)N2CCC(C)CC2)c1. The summed E-state index contributed by atoms with van der Waals surface area (Å²) in [6.45, 7) is 6.79. The number of imidazole rings is 1. The largest absolute Gasteiger partial charge is 0.352 e. The second kappa shape index (κ2) is 9.98. The number of aromatic nitrogens is 2. The molecule has 0 bridgehead atoms. The van der Waals surface area contributed by atoms with Gasteiger partial charge in [0, 0.05) is 31.6 Å². The van der Waals surface area contributed by atoms with Gasteiger partial charge in [0.15, 0.2) is 0 Å². The number of para-hydroxylation sites is 2. The molecule has 32 heavy (non-hydrogen) atoms. The van der Waals surface area contributed by atoms with Crippen LogP contribution in [0.4, 0.5) is 0 Å². The number of hydrogen-bond acceptors (Lipinski definition) is 3. The van der Waals surface area contributed by atoms with Crippen molar-refractivity contribution in [1.29, 1.82) is 0 Å². The van der Waals surface area contributed by atoms with E-state index in [9.17, 15) is 9.59 Å². The zero-order chi connectivity index (χ0) is 22.5. The quantitative estimate of drug-likeness (QED) is 0.575. The van der Waals surface area contributed by atoms with Crippen LogP contribution in [0.2, 0.25) is 0 Å². The van der Waals surface area contributed by atoms with E-state index in [1.54, 1.807) is 0 Å². The van der Waals surface area contributed by atoms with E-state index in [-0.39, 0.29) is 11.8 Å². The summed E-state index contributed by atoms with van der Waals surface area (Å²) in [6, 6.07) is 15.6. The van der Waals surface area contributed by atoms with Crippen molar-refractivity contribution in [2.75, 3.05) is 19.6 Å². The minimum Gasteiger partial charge on any atom is -0.352 e. The van der Waals surface area contributed by atoms with Crippen LogP contribution in [0.3, 0.4) is 0 Å². The molecule has 0 radical (unpaired) electrons. The van der Waals surface area contributed by atoms with Gasteiger partial charge in [0.1, 0.15) is 12.4 Å². The third-order valence-electron chi connectivity index (χ3n) is 6.31. The van der Waals surface area contributed by atoms with Gasteiger partial charge in [-0.2, -0.15) is 0 Å². The van der Waals surface area contributed by atoms with Crippen LogP contribution in [0.1, 0.15) is 47.9 Å². The molecule has 2 aromatic carbocycles. The molecule has 0 saturated carbocycles. The fourth-order valence-corrected chi connectivity index (χ4v) is 4.32. The fraction of sp³-hybridized carbons (Fsp3) is 0.423. The van der Waals surface area contributed by atoms with Gasteiger partial charge in [0.05, 0.1) is 11.0 Å². The number of carbonyl (C=O) groups excluding carboxylic acids is 2. The maximum Gasteiger partial charge on any atom is 0.251 e. The van der Waals surface area contributed by atoms with Gasteiger partial charge in [-0.15, -0.1) is 0 Å². The third kappa shape index (κ3) is 5.18. The molecule has 2 amide bonds. The maximum absolute atomic E-state index is 13.0. The van der Waals surface area contributed by atoms with Gasteiger partial charge in [0.25, 0.3) is 5.91 Å². The van der Waals surface area contributed by atoms with E-state index in [0.717, 1.165) is 54.8 Å². The number of likely N-dealkylation sites (tertiary alicyclic amines) is 1. The summed E-state index contributed by atoms with van der Waals surface area (Å²) in [7, 11) is 0. The van der Waals surface area contributed by atoms with Gasteiger partial charge in [-0.1, -0.05) is 36.8 Å². The lowest BCUT2D eigenvalue weighted by Crippen LogP contribution is -2.40. The summed E-state index contributed by atoms with van der Waals surface area (Å²) in [5, 5.41) is 3.00. The summed E-state index contributed by atoms with van der Waals surface area (Å²) < 4.78 is 2.05. The molecular weight excluding hydrogens is 400 g/mol. The Kier molecular flexibility index (Phi) is 6.88. The average Bonchev–Trinajstić information content (AvgIpc) is 3.14. The number of carbonyl (C=O) groups is 2. The highest BCUT2D eigenvalue weighted by Crippen LogP contribution is 2.20. The first kappa shape index (κ1) is 22.1. The molecule has 1 N–H and O–H groups in total. The Balaban J connectivity index is 1.40. The molecule has 0 atom stereocenters. The van der Waals surface area contributed by atoms with Crippen molar-refractivity contribution in [3.63, 3.8) is 0 Å². The van der Waals surface area contributed by atoms with Crippen molar-refractivity contribution in [1.82, 2.24) is 19.8 Å². The molecule has 168 valence electrons. The van der Waals surface area contributed by atoms with Crippen LogP contribution >= 0.6 is 0 Å². The Labute approximate surface area is 189 Å². The molecule has 6 heteroatoms. The number of aryl methyl sites for hydroxylation is 2. The predicted molar refractivity (Wildman–Crippen MR) is 127 cm³/mol. The first-order chi connectivity index (χ1) is 15.5. The summed E-state index contributed by atoms with van der Waals surface area (Å²) >= 11 is 0. The standard InChI is InChI=1S/C26H32N4O2/c1-19-12-15-29(16-13-19)25(31)18-30-23-10-4-3-9-22(23)28-24(30)11-6-14-27-26(32)21-8-5-7-20(2)17-21/h3-5,7-10,17,19H,6,11-16,18H2,1-2H3,(H,27,32). The van der Waals surface area contributed by atoms with Crippen molar-refractivity contribution in [2.24, 2.45) is 5.92 Å². The molecule has 1 aromatic heterocycles. The molecule has 1 aliphatic heterocycles. The van der Waals surface area contributed by atoms with Crippen LogP contribution in [0, 0.1) is 12.8 Å². The van der Waals surface area contributed by atoms with Gasteiger partial charge in [-0.3, -0.25) is 9.59 Å². The minimum absolute atomic E-state index is 0.0586. The number of rotatable bonds is 7. The van der Waals surface area contributed by atoms with E-state index in [0.29, 0.717) is 31.0 Å². The third-order valence-corrected chi connectivity index (χ3v) is 6.31. The molecule has 6 nitrogen and oxygen atoms in total. The number of nitrogens with one attached hydrogen (secondary N) is 1. The number of amides is 2. The summed E-state index contributed by atoms with van der Waals surface area (Å²) in [6.07, 6.45) is 3.61. The molecule has 2 heterocycles. The Morgan fingerprint density at radius 3 is 2.66 bits per heavy atom. The number of piperidine rings is 1. The Hall–Kier alpha value is -3.15. The monoisotopic (exact) mass is 432 g/mol. The highest BCUT2D eigenvalue weighted by atomic mass is 16.2. The molecular formula is C26H32N4O2. The van der Waals surface area contributed by atoms with Crippen molar-refractivity contribution in [3.8, 4) is 0 Å². The molecule has 1 fully saturated rings. The summed E-state index contributed by atoms with van der Waals surface area (Å²) in [5.41, 5.74) is 3.65. The van der Waals surface area contributed by atoms with Crippen LogP contribution < -0.4 is 5.32 Å². The van der Waals surface area contributed by atoms with Gasteiger partial charge in [-0.25, -0.2) is 4.98 Å². The number of nitrogens with zero attached hydrogens (tertiary/aromatic N) is 3. The van der Waals surface area contributed by atoms with E-state index >= 15 is 0 Å². The zero-order valence-corrected chi connectivity index (χ0v) is 19.0. The molecule has 1 aliphatic rings. The highest BCUT2D eigenvalue weighted by Gasteiger charge is 2.22. The highest BCUT2D eigenvalue weighted by molar-refractivity contribution is 5.94. The molecule has 3 aromatic rings. The molecule has 1 saturated heterocycles. The van der Waals surface area contributed by atoms with Crippen molar-refractivity contribution >= 4 is 22.8 Å². The molecule has 0 spiro atoms. The lowest BCUT2D eigenvalue weighted by molar-refractivity contribution is -0.133. The average molecular weight is 433 g/mol. The Morgan fingerprint density at radius 2 is 1.88 bits per heavy atom. The van der Waals surface area contributed by atoms with E-state index < -0.39 is 0 Å². The van der Waals surface area contributed by atoms with Gasteiger partial charge < -0.3 is 14.8 Å². The lowest BCUT2D eigenvalue weighted by atomic mass is 9.99. The van der Waals surface area contributed by atoms with E-state index in [2.05, 4.69) is 16.8 Å². The van der Waals surface area contributed by atoms with E-state index in [4.69, 9.17) is 4.98 Å². The Morgan fingerprint density at radius 1 is 1.09 bits per heavy atom. The first-order valence-electron chi connectivity index (χ1n) is 11.6. The second-order valence-corrected chi connectivity index (χ2v) is 8.90. The normalized spacial score (nSPS) is 14.6. The van der Waals surface area contributed by atoms with Crippen LogP contribution in [0.5, 0.6) is 0 Å². The summed E-state index contributed by atoms with van der Waals surface area (Å²) in [5.74, 6) is 1.69. The van der Waals surface area contributed by atoms with Crippen LogP contribution in [-0.4, -0.2) is 45.9 Å². The summed E-state index contributed by atoms with van der Waals surface area (Å²) in [4.78, 5) is 32.1. The predicted octanol–water partition coefficient (Wildman–Crippen LogP) is 3.97. The number of hydrogen-bond donors (Lipinski definition) is 1. The minimum atomic E-state index is -0.0586. The van der Waals surface area contributed by atoms with Crippen LogP contribution in [0.15, 0.2) is 48.5 Å². The van der Waals surface area contributed by atoms with Crippen molar-refractivity contribution in [2.45, 2.75) is 46.1 Å². The van der Waals surface area contributed by atoms with E-state index in [1.165, 1.54) is 0 Å². The maximum atomic E-state index is 13.0. The lowest BCUT2D eigenvalue weighted by Gasteiger charge is -2.30. The van der Waals surface area contributed by atoms with Crippen LogP contribution in [-0.2, 0) is 17.8 Å². The smallest absolute Gasteiger partial charge is 0.251 e. The van der Waals surface area contributed by atoms with Crippen molar-refractivity contribution < 1.29 is 9.59 Å². The van der Waals surface area contributed by atoms with Crippen LogP contribution in [0.25, 0.3) is 11.0 Å². The molecule has 0 unspecified atom stereocenters. The van der Waals surface area contributed by atoms with Gasteiger partial charge in [0.2, 0.25) is 5.91 Å². The van der Waals surface area contributed by atoms with E-state index in [1.807, 2.05) is 60.4 Å². The van der Waals surface area contributed by atoms with Crippen molar-refractivity contribution in [3.05, 3.63) is 65.5 Å². The molecule has 4 rings (SSSR count). The van der Waals surface area contributed by atoms with Gasteiger partial charge >= 0.3 is 0 Å². The number of fused-ring (bicyclic) bond motifs is 1. The van der Waals surface area contributed by atoms with Gasteiger partial charge in [-0.05, 0) is 56.4 Å². The fourth-order valence-electron chi connectivity index (χ4n) is 4.32. The second-order valence-electron chi connectivity index (χ2n) is 8.90. The molecule has 0 aliphatic carbocycles. The zero-order valence-electron chi connectivity index (χ0n) is 19.0. The first-order valence-corrected chi connectivity index (χ1v) is 11.6. The Bertz CT molecular complexity index is 1100.